The molecule has 2 atom stereocenters. The largest absolute Gasteiger partial charge is 0.317 e. The average Bonchev–Trinajstić information content (AvgIpc) is 2.49. The van der Waals surface area contributed by atoms with Gasteiger partial charge >= 0.3 is 0 Å². The lowest BCUT2D eigenvalue weighted by atomic mass is 10.1. The number of rotatable bonds is 1. The Morgan fingerprint density at radius 3 is 2.46 bits per heavy atom. The van der Waals surface area contributed by atoms with E-state index in [4.69, 9.17) is 0 Å². The normalized spacial score (nSPS) is 38.3. The lowest BCUT2D eigenvalue weighted by Gasteiger charge is -2.33. The van der Waals surface area contributed by atoms with Gasteiger partial charge in [0.15, 0.2) is 0 Å². The van der Waals surface area contributed by atoms with Gasteiger partial charge < -0.3 is 5.32 Å². The third kappa shape index (κ3) is 2.15. The zero-order valence-electron chi connectivity index (χ0n) is 7.68. The Morgan fingerprint density at radius 2 is 1.92 bits per heavy atom. The SMILES string of the molecule is FC1CCN(C2CCNCC2)C1I. The first-order chi connectivity index (χ1) is 6.29. The van der Waals surface area contributed by atoms with Crippen LogP contribution in [0.4, 0.5) is 4.39 Å². The van der Waals surface area contributed by atoms with Crippen LogP contribution in [-0.4, -0.2) is 40.8 Å². The maximum Gasteiger partial charge on any atom is 0.126 e. The molecule has 2 aliphatic heterocycles. The lowest BCUT2D eigenvalue weighted by molar-refractivity contribution is 0.175. The van der Waals surface area contributed by atoms with Crippen LogP contribution in [-0.2, 0) is 0 Å². The van der Waals surface area contributed by atoms with Crippen molar-refractivity contribution in [3.8, 4) is 0 Å². The van der Waals surface area contributed by atoms with Crippen molar-refractivity contribution >= 4 is 22.6 Å². The van der Waals surface area contributed by atoms with Crippen LogP contribution in [0.3, 0.4) is 0 Å². The third-order valence-corrected chi connectivity index (χ3v) is 4.55. The minimum Gasteiger partial charge on any atom is -0.317 e. The molecular formula is C9H16FIN2. The molecule has 0 radical (unpaired) electrons. The van der Waals surface area contributed by atoms with Crippen LogP contribution in [0.2, 0.25) is 0 Å². The standard InChI is InChI=1S/C9H16FIN2/c10-8-3-6-13(9(8)11)7-1-4-12-5-2-7/h7-9,12H,1-6H2. The molecule has 0 amide bonds. The Morgan fingerprint density at radius 1 is 1.23 bits per heavy atom. The number of halogens is 2. The first-order valence-corrected chi connectivity index (χ1v) is 6.28. The van der Waals surface area contributed by atoms with E-state index in [1.54, 1.807) is 0 Å². The molecule has 1 N–H and O–H groups in total. The molecule has 0 saturated carbocycles. The molecule has 0 spiro atoms. The van der Waals surface area contributed by atoms with E-state index in [0.29, 0.717) is 6.04 Å². The highest BCUT2D eigenvalue weighted by molar-refractivity contribution is 14.1. The molecule has 2 rings (SSSR count). The predicted molar refractivity (Wildman–Crippen MR) is 59.9 cm³/mol. The number of nitrogens with zero attached hydrogens (tertiary/aromatic N) is 1. The van der Waals surface area contributed by atoms with Crippen molar-refractivity contribution in [1.29, 1.82) is 0 Å². The molecule has 13 heavy (non-hydrogen) atoms. The van der Waals surface area contributed by atoms with Gasteiger partial charge in [0.05, 0.1) is 4.05 Å². The molecule has 0 aromatic carbocycles. The summed E-state index contributed by atoms with van der Waals surface area (Å²) >= 11 is 2.25. The number of hydrogen-bond donors (Lipinski definition) is 1. The molecular weight excluding hydrogens is 282 g/mol. The first-order valence-electron chi connectivity index (χ1n) is 5.03. The Balaban J connectivity index is 1.92. The van der Waals surface area contributed by atoms with E-state index in [2.05, 4.69) is 32.8 Å². The van der Waals surface area contributed by atoms with E-state index in [-0.39, 0.29) is 4.05 Å². The van der Waals surface area contributed by atoms with Crippen molar-refractivity contribution in [2.75, 3.05) is 19.6 Å². The molecule has 2 aliphatic rings. The van der Waals surface area contributed by atoms with Crippen molar-refractivity contribution in [1.82, 2.24) is 10.2 Å². The second-order valence-electron chi connectivity index (χ2n) is 3.90. The smallest absolute Gasteiger partial charge is 0.126 e. The van der Waals surface area contributed by atoms with Crippen molar-refractivity contribution in [2.45, 2.75) is 35.5 Å². The van der Waals surface area contributed by atoms with Gasteiger partial charge in [-0.3, -0.25) is 4.90 Å². The van der Waals surface area contributed by atoms with Crippen molar-refractivity contribution in [2.24, 2.45) is 0 Å². The van der Waals surface area contributed by atoms with Crippen LogP contribution in [0.5, 0.6) is 0 Å². The van der Waals surface area contributed by atoms with E-state index in [1.165, 1.54) is 12.8 Å². The molecule has 2 heterocycles. The summed E-state index contributed by atoms with van der Waals surface area (Å²) in [6.07, 6.45) is 2.51. The van der Waals surface area contributed by atoms with Gasteiger partial charge in [0.2, 0.25) is 0 Å². The van der Waals surface area contributed by atoms with Gasteiger partial charge in [0.25, 0.3) is 0 Å². The fraction of sp³-hybridized carbons (Fsp3) is 1.00. The van der Waals surface area contributed by atoms with Crippen molar-refractivity contribution in [3.05, 3.63) is 0 Å². The molecule has 0 aliphatic carbocycles. The highest BCUT2D eigenvalue weighted by Crippen LogP contribution is 2.30. The van der Waals surface area contributed by atoms with Crippen LogP contribution in [0, 0.1) is 0 Å². The lowest BCUT2D eigenvalue weighted by Crippen LogP contribution is -2.44. The zero-order valence-corrected chi connectivity index (χ0v) is 9.84. The highest BCUT2D eigenvalue weighted by Gasteiger charge is 2.36. The maximum atomic E-state index is 13.3. The monoisotopic (exact) mass is 298 g/mol. The van der Waals surface area contributed by atoms with Gasteiger partial charge in [0.1, 0.15) is 6.17 Å². The number of alkyl halides is 2. The van der Waals surface area contributed by atoms with Gasteiger partial charge in [-0.15, -0.1) is 0 Å². The van der Waals surface area contributed by atoms with Crippen LogP contribution >= 0.6 is 22.6 Å². The van der Waals surface area contributed by atoms with E-state index < -0.39 is 6.17 Å². The van der Waals surface area contributed by atoms with Gasteiger partial charge in [0, 0.05) is 12.6 Å². The second kappa shape index (κ2) is 4.40. The summed E-state index contributed by atoms with van der Waals surface area (Å²) in [5.74, 6) is 0. The fourth-order valence-corrected chi connectivity index (χ4v) is 3.36. The molecule has 2 nitrogen and oxygen atoms in total. The Labute approximate surface area is 92.4 Å². The summed E-state index contributed by atoms with van der Waals surface area (Å²) in [4.78, 5) is 2.35. The van der Waals surface area contributed by atoms with Crippen molar-refractivity contribution < 1.29 is 4.39 Å². The predicted octanol–water partition coefficient (Wildman–Crippen LogP) is 1.54. The van der Waals surface area contributed by atoms with E-state index in [9.17, 15) is 4.39 Å². The quantitative estimate of drug-likeness (QED) is 0.449. The molecule has 0 aromatic rings. The van der Waals surface area contributed by atoms with Crippen LogP contribution in [0.15, 0.2) is 0 Å². The summed E-state index contributed by atoms with van der Waals surface area (Å²) in [6.45, 7) is 3.16. The van der Waals surface area contributed by atoms with Gasteiger partial charge in [-0.2, -0.15) is 0 Å². The first kappa shape index (κ1) is 10.1. The molecule has 2 saturated heterocycles. The number of piperidine rings is 1. The molecule has 2 unspecified atom stereocenters. The number of likely N-dealkylation sites (tertiary alicyclic amines) is 1. The molecule has 0 bridgehead atoms. The number of nitrogens with one attached hydrogen (secondary N) is 1. The molecule has 4 heteroatoms. The van der Waals surface area contributed by atoms with Gasteiger partial charge in [-0.1, -0.05) is 22.6 Å². The Hall–Kier alpha value is 0.580. The van der Waals surface area contributed by atoms with Gasteiger partial charge in [-0.05, 0) is 32.4 Å². The summed E-state index contributed by atoms with van der Waals surface area (Å²) in [7, 11) is 0. The number of hydrogen-bond acceptors (Lipinski definition) is 2. The van der Waals surface area contributed by atoms with Crippen LogP contribution < -0.4 is 5.32 Å². The fourth-order valence-electron chi connectivity index (χ4n) is 2.26. The summed E-state index contributed by atoms with van der Waals surface area (Å²) < 4.78 is 13.4. The maximum absolute atomic E-state index is 13.3. The second-order valence-corrected chi connectivity index (χ2v) is 5.17. The van der Waals surface area contributed by atoms with Crippen LogP contribution in [0.1, 0.15) is 19.3 Å². The third-order valence-electron chi connectivity index (χ3n) is 3.06. The van der Waals surface area contributed by atoms with E-state index >= 15 is 0 Å². The Kier molecular flexibility index (Phi) is 3.42. The minimum absolute atomic E-state index is 0.126. The summed E-state index contributed by atoms with van der Waals surface area (Å²) in [5.41, 5.74) is 0. The average molecular weight is 298 g/mol. The van der Waals surface area contributed by atoms with E-state index in [0.717, 1.165) is 26.1 Å². The molecule has 0 aromatic heterocycles. The summed E-state index contributed by atoms with van der Waals surface area (Å²) in [5, 5.41) is 3.34. The highest BCUT2D eigenvalue weighted by atomic mass is 127. The Bertz CT molecular complexity index is 173. The summed E-state index contributed by atoms with van der Waals surface area (Å²) in [6, 6.07) is 0.629. The zero-order chi connectivity index (χ0) is 9.26. The van der Waals surface area contributed by atoms with Crippen LogP contribution in [0.25, 0.3) is 0 Å². The van der Waals surface area contributed by atoms with Crippen molar-refractivity contribution in [3.63, 3.8) is 0 Å². The van der Waals surface area contributed by atoms with Gasteiger partial charge in [-0.25, -0.2) is 4.39 Å². The topological polar surface area (TPSA) is 15.3 Å². The minimum atomic E-state index is -0.601. The van der Waals surface area contributed by atoms with E-state index in [1.807, 2.05) is 0 Å². The molecule has 76 valence electrons. The molecule has 2 fully saturated rings.